The van der Waals surface area contributed by atoms with Gasteiger partial charge in [0.05, 0.1) is 30.4 Å². The number of methoxy groups -OCH3 is 1. The zero-order valence-corrected chi connectivity index (χ0v) is 17.3. The second kappa shape index (κ2) is 6.91. The molecule has 5 rings (SSSR count). The second-order valence-corrected chi connectivity index (χ2v) is 7.95. The molecule has 2 aliphatic rings. The monoisotopic (exact) mass is 415 g/mol. The number of esters is 1. The number of carbonyl (C=O) groups excluding carboxylic acids is 3. The molecule has 1 N–H and O–H groups in total. The number of urea groups is 1. The van der Waals surface area contributed by atoms with Gasteiger partial charge in [0.2, 0.25) is 0 Å². The molecule has 7 nitrogen and oxygen atoms in total. The fourth-order valence-electron chi connectivity index (χ4n) is 4.81. The lowest BCUT2D eigenvalue weighted by molar-refractivity contribution is -0.132. The first kappa shape index (κ1) is 19.2. The van der Waals surface area contributed by atoms with E-state index in [2.05, 4.69) is 10.3 Å². The highest BCUT2D eigenvalue weighted by Crippen LogP contribution is 2.41. The molecule has 1 spiro atoms. The lowest BCUT2D eigenvalue weighted by Gasteiger charge is -2.22. The molecule has 1 aromatic heterocycles. The van der Waals surface area contributed by atoms with Gasteiger partial charge in [-0.25, -0.2) is 14.6 Å². The number of fused-ring (bicyclic) bond motifs is 3. The number of aryl methyl sites for hydroxylation is 2. The molecule has 2 heterocycles. The van der Waals surface area contributed by atoms with Crippen molar-refractivity contribution >= 4 is 28.8 Å². The van der Waals surface area contributed by atoms with Gasteiger partial charge in [-0.15, -0.1) is 0 Å². The lowest BCUT2D eigenvalue weighted by atomic mass is 9.92. The Bertz CT molecular complexity index is 1270. The molecule has 2 aromatic carbocycles. The van der Waals surface area contributed by atoms with E-state index in [-0.39, 0.29) is 18.0 Å². The average molecular weight is 415 g/mol. The number of nitrogens with zero attached hydrogens (tertiary/aromatic N) is 2. The van der Waals surface area contributed by atoms with E-state index >= 15 is 0 Å². The van der Waals surface area contributed by atoms with E-state index in [1.54, 1.807) is 0 Å². The van der Waals surface area contributed by atoms with Crippen molar-refractivity contribution in [1.82, 2.24) is 15.2 Å². The highest BCUT2D eigenvalue weighted by Gasteiger charge is 2.55. The number of amides is 3. The first-order chi connectivity index (χ1) is 15.0. The fourth-order valence-corrected chi connectivity index (χ4v) is 4.81. The molecular formula is C24H21N3O4. The Labute approximate surface area is 179 Å². The van der Waals surface area contributed by atoms with Crippen LogP contribution in [-0.2, 0) is 28.0 Å². The normalized spacial score (nSPS) is 19.7. The smallest absolute Gasteiger partial charge is 0.340 e. The van der Waals surface area contributed by atoms with Gasteiger partial charge in [0.1, 0.15) is 5.54 Å². The van der Waals surface area contributed by atoms with E-state index in [0.29, 0.717) is 23.2 Å². The van der Waals surface area contributed by atoms with Gasteiger partial charge < -0.3 is 10.1 Å². The molecule has 0 bridgehead atoms. The van der Waals surface area contributed by atoms with Crippen molar-refractivity contribution in [2.45, 2.75) is 31.8 Å². The summed E-state index contributed by atoms with van der Waals surface area (Å²) in [6, 6.07) is 14.6. The third-order valence-electron chi connectivity index (χ3n) is 6.35. The number of pyridine rings is 1. The minimum Gasteiger partial charge on any atom is -0.465 e. The standard InChI is InChI=1S/C24H21N3O4/c1-14-16-8-4-6-10-18(16)25-19(20(14)21(28)31-2)13-27-22(29)24(26-23(27)30)12-11-15-7-3-5-9-17(15)24/h3-10H,11-13H2,1-2H3,(H,26,30)/t24-/m1/s1. The number of rotatable bonds is 3. The molecule has 156 valence electrons. The number of imide groups is 1. The van der Waals surface area contributed by atoms with Gasteiger partial charge in [-0.1, -0.05) is 42.5 Å². The highest BCUT2D eigenvalue weighted by molar-refractivity contribution is 6.08. The van der Waals surface area contributed by atoms with Crippen LogP contribution in [0.25, 0.3) is 10.9 Å². The van der Waals surface area contributed by atoms with Crippen molar-refractivity contribution in [2.24, 2.45) is 0 Å². The van der Waals surface area contributed by atoms with Crippen LogP contribution < -0.4 is 5.32 Å². The maximum absolute atomic E-state index is 13.5. The number of hydrogen-bond acceptors (Lipinski definition) is 5. The van der Waals surface area contributed by atoms with Crippen molar-refractivity contribution in [3.8, 4) is 0 Å². The third kappa shape index (κ3) is 2.73. The number of carbonyl (C=O) groups is 3. The van der Waals surface area contributed by atoms with E-state index in [1.165, 1.54) is 7.11 Å². The Kier molecular flexibility index (Phi) is 4.28. The van der Waals surface area contributed by atoms with Gasteiger partial charge in [0.25, 0.3) is 5.91 Å². The summed E-state index contributed by atoms with van der Waals surface area (Å²) in [4.78, 5) is 44.8. The zero-order chi connectivity index (χ0) is 21.8. The van der Waals surface area contributed by atoms with Crippen LogP contribution in [-0.4, -0.2) is 34.9 Å². The zero-order valence-electron chi connectivity index (χ0n) is 17.3. The van der Waals surface area contributed by atoms with Gasteiger partial charge >= 0.3 is 12.0 Å². The minimum absolute atomic E-state index is 0.106. The van der Waals surface area contributed by atoms with Gasteiger partial charge in [-0.2, -0.15) is 0 Å². The van der Waals surface area contributed by atoms with Crippen LogP contribution in [0.1, 0.15) is 39.2 Å². The van der Waals surface area contributed by atoms with Crippen molar-refractivity contribution in [3.63, 3.8) is 0 Å². The number of nitrogens with one attached hydrogen (secondary N) is 1. The molecule has 1 aliphatic heterocycles. The van der Waals surface area contributed by atoms with Crippen molar-refractivity contribution in [2.75, 3.05) is 7.11 Å². The van der Waals surface area contributed by atoms with Gasteiger partial charge in [0.15, 0.2) is 0 Å². The summed E-state index contributed by atoms with van der Waals surface area (Å²) in [6.07, 6.45) is 1.23. The largest absolute Gasteiger partial charge is 0.465 e. The maximum atomic E-state index is 13.5. The van der Waals surface area contributed by atoms with Crippen LogP contribution in [0.15, 0.2) is 48.5 Å². The fraction of sp³-hybridized carbons (Fsp3) is 0.250. The molecule has 1 aliphatic carbocycles. The summed E-state index contributed by atoms with van der Waals surface area (Å²) in [6.45, 7) is 1.71. The molecule has 31 heavy (non-hydrogen) atoms. The Morgan fingerprint density at radius 3 is 2.71 bits per heavy atom. The van der Waals surface area contributed by atoms with Crippen LogP contribution in [0, 0.1) is 6.92 Å². The summed E-state index contributed by atoms with van der Waals surface area (Å²) < 4.78 is 4.98. The van der Waals surface area contributed by atoms with E-state index in [9.17, 15) is 14.4 Å². The Morgan fingerprint density at radius 1 is 1.16 bits per heavy atom. The molecule has 0 saturated carbocycles. The van der Waals surface area contributed by atoms with E-state index in [4.69, 9.17) is 4.74 Å². The predicted octanol–water partition coefficient (Wildman–Crippen LogP) is 3.22. The van der Waals surface area contributed by atoms with Gasteiger partial charge in [-0.05, 0) is 42.5 Å². The van der Waals surface area contributed by atoms with Gasteiger partial charge in [0, 0.05) is 5.39 Å². The number of aromatic nitrogens is 1. The lowest BCUT2D eigenvalue weighted by Crippen LogP contribution is -2.41. The summed E-state index contributed by atoms with van der Waals surface area (Å²) in [5, 5.41) is 3.74. The first-order valence-corrected chi connectivity index (χ1v) is 10.2. The van der Waals surface area contributed by atoms with Crippen molar-refractivity contribution in [3.05, 3.63) is 76.5 Å². The van der Waals surface area contributed by atoms with Crippen LogP contribution >= 0.6 is 0 Å². The first-order valence-electron chi connectivity index (χ1n) is 10.2. The Balaban J connectivity index is 1.58. The van der Waals surface area contributed by atoms with Crippen LogP contribution in [0.4, 0.5) is 4.79 Å². The van der Waals surface area contributed by atoms with E-state index in [1.807, 2.05) is 55.5 Å². The van der Waals surface area contributed by atoms with Gasteiger partial charge in [-0.3, -0.25) is 9.69 Å². The topological polar surface area (TPSA) is 88.6 Å². The summed E-state index contributed by atoms with van der Waals surface area (Å²) in [5.41, 5.74) is 2.88. The quantitative estimate of drug-likeness (QED) is 0.524. The Hall–Kier alpha value is -3.74. The van der Waals surface area contributed by atoms with Crippen LogP contribution in [0.2, 0.25) is 0 Å². The van der Waals surface area contributed by atoms with Crippen molar-refractivity contribution < 1.29 is 19.1 Å². The number of benzene rings is 2. The minimum atomic E-state index is -1.05. The Morgan fingerprint density at radius 2 is 1.90 bits per heavy atom. The molecule has 3 amide bonds. The van der Waals surface area contributed by atoms with Crippen molar-refractivity contribution in [1.29, 1.82) is 0 Å². The average Bonchev–Trinajstić information content (AvgIpc) is 3.26. The van der Waals surface area contributed by atoms with E-state index in [0.717, 1.165) is 27.8 Å². The summed E-state index contributed by atoms with van der Waals surface area (Å²) in [5.74, 6) is -0.857. The molecule has 1 saturated heterocycles. The summed E-state index contributed by atoms with van der Waals surface area (Å²) >= 11 is 0. The molecule has 0 unspecified atom stereocenters. The van der Waals surface area contributed by atoms with E-state index < -0.39 is 17.5 Å². The molecule has 7 heteroatoms. The number of para-hydroxylation sites is 1. The molecule has 0 radical (unpaired) electrons. The third-order valence-corrected chi connectivity index (χ3v) is 6.35. The summed E-state index contributed by atoms with van der Waals surface area (Å²) in [7, 11) is 1.30. The molecule has 1 fully saturated rings. The number of hydrogen-bond donors (Lipinski definition) is 1. The second-order valence-electron chi connectivity index (χ2n) is 7.95. The maximum Gasteiger partial charge on any atom is 0.340 e. The highest BCUT2D eigenvalue weighted by atomic mass is 16.5. The number of ether oxygens (including phenoxy) is 1. The molecule has 1 atom stereocenters. The van der Waals surface area contributed by atoms with Crippen LogP contribution in [0.3, 0.4) is 0 Å². The SMILES string of the molecule is COC(=O)c1c(CN2C(=O)N[C@@]3(CCc4ccccc43)C2=O)nc2ccccc2c1C. The van der Waals surface area contributed by atoms with Crippen LogP contribution in [0.5, 0.6) is 0 Å². The molecular weight excluding hydrogens is 394 g/mol. The predicted molar refractivity (Wildman–Crippen MR) is 113 cm³/mol. The molecule has 3 aromatic rings.